The van der Waals surface area contributed by atoms with Crippen molar-refractivity contribution >= 4 is 0 Å². The van der Waals surface area contributed by atoms with Crippen molar-refractivity contribution in [3.63, 3.8) is 0 Å². The van der Waals surface area contributed by atoms with Crippen LogP contribution in [0, 0.1) is 0 Å². The van der Waals surface area contributed by atoms with Gasteiger partial charge in [0.15, 0.2) is 0 Å². The molecule has 1 fully saturated rings. The van der Waals surface area contributed by atoms with Gasteiger partial charge in [0, 0.05) is 36.9 Å². The molecule has 1 aromatic rings. The Morgan fingerprint density at radius 2 is 2.29 bits per heavy atom. The van der Waals surface area contributed by atoms with Crippen LogP contribution in [0.25, 0.3) is 0 Å². The van der Waals surface area contributed by atoms with Crippen LogP contribution in [-0.2, 0) is 6.54 Å². The molecule has 1 heterocycles. The Hall–Kier alpha value is -0.870. The summed E-state index contributed by atoms with van der Waals surface area (Å²) in [6.45, 7) is 3.80. The lowest BCUT2D eigenvalue weighted by Crippen LogP contribution is -2.34. The maximum Gasteiger partial charge on any atom is 0.0538 e. The standard InChI is InChI=1S/C13H24N4/c1-2-7-17-10-11(9-15-17)13(8-14)16-12-5-3-4-6-12/h9-10,12-13,16H,2-8,14H2,1H3. The Morgan fingerprint density at radius 1 is 1.53 bits per heavy atom. The molecule has 4 nitrogen and oxygen atoms in total. The van der Waals surface area contributed by atoms with E-state index in [-0.39, 0.29) is 6.04 Å². The molecular formula is C13H24N4. The molecule has 1 aromatic heterocycles. The van der Waals surface area contributed by atoms with Gasteiger partial charge in [-0.2, -0.15) is 5.10 Å². The van der Waals surface area contributed by atoms with Gasteiger partial charge in [-0.05, 0) is 19.3 Å². The molecular weight excluding hydrogens is 212 g/mol. The fourth-order valence-electron chi connectivity index (χ4n) is 2.59. The summed E-state index contributed by atoms with van der Waals surface area (Å²) < 4.78 is 2.01. The van der Waals surface area contributed by atoms with Crippen LogP contribution in [0.3, 0.4) is 0 Å². The number of rotatable bonds is 6. The van der Waals surface area contributed by atoms with Gasteiger partial charge in [-0.1, -0.05) is 19.8 Å². The average Bonchev–Trinajstić information content (AvgIpc) is 2.97. The monoisotopic (exact) mass is 236 g/mol. The maximum atomic E-state index is 5.87. The van der Waals surface area contributed by atoms with Crippen LogP contribution in [0.2, 0.25) is 0 Å². The predicted molar refractivity (Wildman–Crippen MR) is 69.7 cm³/mol. The van der Waals surface area contributed by atoms with E-state index < -0.39 is 0 Å². The van der Waals surface area contributed by atoms with Crippen LogP contribution < -0.4 is 11.1 Å². The van der Waals surface area contributed by atoms with Crippen molar-refractivity contribution in [3.8, 4) is 0 Å². The molecule has 0 amide bonds. The molecule has 2 rings (SSSR count). The lowest BCUT2D eigenvalue weighted by Gasteiger charge is -2.20. The first-order valence-electron chi connectivity index (χ1n) is 6.82. The number of hydrogen-bond acceptors (Lipinski definition) is 3. The van der Waals surface area contributed by atoms with Gasteiger partial charge in [-0.3, -0.25) is 4.68 Å². The fourth-order valence-corrected chi connectivity index (χ4v) is 2.59. The summed E-state index contributed by atoms with van der Waals surface area (Å²) in [5.41, 5.74) is 7.10. The van der Waals surface area contributed by atoms with E-state index in [1.54, 1.807) is 0 Å². The first-order valence-corrected chi connectivity index (χ1v) is 6.82. The summed E-state index contributed by atoms with van der Waals surface area (Å²) in [5.74, 6) is 0. The number of aromatic nitrogens is 2. The minimum Gasteiger partial charge on any atom is -0.329 e. The molecule has 1 aliphatic rings. The quantitative estimate of drug-likeness (QED) is 0.792. The van der Waals surface area contributed by atoms with Gasteiger partial charge in [0.25, 0.3) is 0 Å². The minimum absolute atomic E-state index is 0.267. The molecule has 1 atom stereocenters. The number of nitrogens with zero attached hydrogens (tertiary/aromatic N) is 2. The second-order valence-electron chi connectivity index (χ2n) is 4.97. The molecule has 0 aromatic carbocycles. The van der Waals surface area contributed by atoms with E-state index in [9.17, 15) is 0 Å². The molecule has 0 bridgehead atoms. The number of nitrogens with one attached hydrogen (secondary N) is 1. The molecule has 0 saturated heterocycles. The highest BCUT2D eigenvalue weighted by Crippen LogP contribution is 2.21. The number of aryl methyl sites for hydroxylation is 1. The normalized spacial score (nSPS) is 18.7. The van der Waals surface area contributed by atoms with Gasteiger partial charge in [0.2, 0.25) is 0 Å². The molecule has 3 N–H and O–H groups in total. The van der Waals surface area contributed by atoms with Crippen LogP contribution >= 0.6 is 0 Å². The van der Waals surface area contributed by atoms with Crippen LogP contribution in [0.1, 0.15) is 50.6 Å². The second kappa shape index (κ2) is 6.17. The van der Waals surface area contributed by atoms with Crippen molar-refractivity contribution in [2.45, 2.75) is 57.7 Å². The zero-order chi connectivity index (χ0) is 12.1. The molecule has 0 radical (unpaired) electrons. The van der Waals surface area contributed by atoms with Gasteiger partial charge in [0.1, 0.15) is 0 Å². The van der Waals surface area contributed by atoms with Gasteiger partial charge in [0.05, 0.1) is 6.20 Å². The van der Waals surface area contributed by atoms with Gasteiger partial charge in [-0.15, -0.1) is 0 Å². The van der Waals surface area contributed by atoms with E-state index in [1.807, 2.05) is 10.9 Å². The lowest BCUT2D eigenvalue weighted by atomic mass is 10.1. The summed E-state index contributed by atoms with van der Waals surface area (Å²) in [6.07, 6.45) is 10.5. The summed E-state index contributed by atoms with van der Waals surface area (Å²) in [4.78, 5) is 0. The van der Waals surface area contributed by atoms with E-state index in [2.05, 4.69) is 23.5 Å². The summed E-state index contributed by atoms with van der Waals surface area (Å²) in [6, 6.07) is 0.918. The van der Waals surface area contributed by atoms with Gasteiger partial charge >= 0.3 is 0 Å². The van der Waals surface area contributed by atoms with E-state index in [4.69, 9.17) is 5.73 Å². The molecule has 1 saturated carbocycles. The third-order valence-corrected chi connectivity index (χ3v) is 3.54. The third-order valence-electron chi connectivity index (χ3n) is 3.54. The average molecular weight is 236 g/mol. The van der Waals surface area contributed by atoms with Crippen LogP contribution in [0.5, 0.6) is 0 Å². The zero-order valence-corrected chi connectivity index (χ0v) is 10.7. The molecule has 96 valence electrons. The summed E-state index contributed by atoms with van der Waals surface area (Å²) in [7, 11) is 0. The second-order valence-corrected chi connectivity index (χ2v) is 4.97. The Morgan fingerprint density at radius 3 is 2.94 bits per heavy atom. The number of hydrogen-bond donors (Lipinski definition) is 2. The highest BCUT2D eigenvalue weighted by molar-refractivity contribution is 5.11. The Kier molecular flexibility index (Phi) is 4.57. The smallest absolute Gasteiger partial charge is 0.0538 e. The molecule has 0 aliphatic heterocycles. The van der Waals surface area contributed by atoms with Crippen molar-refractivity contribution in [2.24, 2.45) is 5.73 Å². The van der Waals surface area contributed by atoms with Crippen LogP contribution in [0.15, 0.2) is 12.4 Å². The van der Waals surface area contributed by atoms with Crippen molar-refractivity contribution in [3.05, 3.63) is 18.0 Å². The fraction of sp³-hybridized carbons (Fsp3) is 0.769. The molecule has 1 unspecified atom stereocenters. The van der Waals surface area contributed by atoms with Gasteiger partial charge in [-0.25, -0.2) is 0 Å². The van der Waals surface area contributed by atoms with Crippen LogP contribution in [0.4, 0.5) is 0 Å². The topological polar surface area (TPSA) is 55.9 Å². The third kappa shape index (κ3) is 3.30. The molecule has 17 heavy (non-hydrogen) atoms. The summed E-state index contributed by atoms with van der Waals surface area (Å²) in [5, 5.41) is 8.03. The van der Waals surface area contributed by atoms with E-state index >= 15 is 0 Å². The van der Waals surface area contributed by atoms with Crippen LogP contribution in [-0.4, -0.2) is 22.4 Å². The molecule has 0 spiro atoms. The lowest BCUT2D eigenvalue weighted by molar-refractivity contribution is 0.444. The number of nitrogens with two attached hydrogens (primary N) is 1. The van der Waals surface area contributed by atoms with Crippen molar-refractivity contribution in [1.82, 2.24) is 15.1 Å². The Balaban J connectivity index is 1.95. The first kappa shape index (κ1) is 12.6. The summed E-state index contributed by atoms with van der Waals surface area (Å²) >= 11 is 0. The zero-order valence-electron chi connectivity index (χ0n) is 10.7. The van der Waals surface area contributed by atoms with E-state index in [1.165, 1.54) is 31.2 Å². The SMILES string of the molecule is CCCn1cc(C(CN)NC2CCCC2)cn1. The van der Waals surface area contributed by atoms with E-state index in [0.717, 1.165) is 13.0 Å². The Labute approximate surface area is 104 Å². The van der Waals surface area contributed by atoms with E-state index in [0.29, 0.717) is 12.6 Å². The molecule has 4 heteroatoms. The van der Waals surface area contributed by atoms with Crippen molar-refractivity contribution < 1.29 is 0 Å². The predicted octanol–water partition coefficient (Wildman–Crippen LogP) is 1.83. The highest BCUT2D eigenvalue weighted by atomic mass is 15.3. The minimum atomic E-state index is 0.267. The first-order chi connectivity index (χ1) is 8.33. The van der Waals surface area contributed by atoms with Gasteiger partial charge < -0.3 is 11.1 Å². The van der Waals surface area contributed by atoms with Crippen molar-refractivity contribution in [2.75, 3.05) is 6.54 Å². The highest BCUT2D eigenvalue weighted by Gasteiger charge is 2.20. The molecule has 1 aliphatic carbocycles. The largest absolute Gasteiger partial charge is 0.329 e. The Bertz CT molecular complexity index is 328. The van der Waals surface area contributed by atoms with Crippen molar-refractivity contribution in [1.29, 1.82) is 0 Å². The maximum absolute atomic E-state index is 5.87.